The molecule has 0 aromatic heterocycles. The predicted octanol–water partition coefficient (Wildman–Crippen LogP) is 3.51. The van der Waals surface area contributed by atoms with Crippen molar-refractivity contribution in [2.75, 3.05) is 6.54 Å². The zero-order valence-electron chi connectivity index (χ0n) is 16.2. The lowest BCUT2D eigenvalue weighted by atomic mass is 9.76. The Kier molecular flexibility index (Phi) is 5.01. The molecule has 0 radical (unpaired) electrons. The van der Waals surface area contributed by atoms with Gasteiger partial charge in [0.2, 0.25) is 5.91 Å². The molecule has 2 aliphatic rings. The van der Waals surface area contributed by atoms with E-state index >= 15 is 0 Å². The van der Waals surface area contributed by atoms with E-state index in [1.165, 1.54) is 0 Å². The molecular formula is C22H27N3O2. The molecule has 3 rings (SSSR count). The van der Waals surface area contributed by atoms with E-state index in [0.29, 0.717) is 12.1 Å². The van der Waals surface area contributed by atoms with Gasteiger partial charge in [-0.15, -0.1) is 0 Å². The van der Waals surface area contributed by atoms with Crippen molar-refractivity contribution >= 4 is 5.91 Å². The highest BCUT2D eigenvalue weighted by Crippen LogP contribution is 2.38. The average Bonchev–Trinajstić information content (AvgIpc) is 2.57. The molecule has 2 N–H and O–H groups in total. The molecule has 1 saturated carbocycles. The van der Waals surface area contributed by atoms with Crippen molar-refractivity contribution in [2.45, 2.75) is 57.4 Å². The van der Waals surface area contributed by atoms with Crippen LogP contribution in [0.25, 0.3) is 0 Å². The first-order chi connectivity index (χ1) is 12.7. The van der Waals surface area contributed by atoms with Gasteiger partial charge in [-0.1, -0.05) is 32.9 Å². The molecule has 1 aromatic rings. The maximum absolute atomic E-state index is 12.4. The predicted molar refractivity (Wildman–Crippen MR) is 105 cm³/mol. The molecule has 5 nitrogen and oxygen atoms in total. The number of hydrogen-bond acceptors (Lipinski definition) is 4. The number of nitrogens with zero attached hydrogens (tertiary/aromatic N) is 2. The summed E-state index contributed by atoms with van der Waals surface area (Å²) < 4.78 is 0. The van der Waals surface area contributed by atoms with Crippen LogP contribution < -0.4 is 5.32 Å². The quantitative estimate of drug-likeness (QED) is 0.856. The molecule has 1 amide bonds. The van der Waals surface area contributed by atoms with Crippen molar-refractivity contribution in [1.82, 2.24) is 10.2 Å². The number of phenolic OH excluding ortho intramolecular Hbond substituents is 1. The smallest absolute Gasteiger partial charge is 0.228 e. The van der Waals surface area contributed by atoms with Gasteiger partial charge in [0.1, 0.15) is 11.3 Å². The fourth-order valence-electron chi connectivity index (χ4n) is 3.45. The highest BCUT2D eigenvalue weighted by molar-refractivity contribution is 5.81. The minimum Gasteiger partial charge on any atom is -0.508 e. The summed E-state index contributed by atoms with van der Waals surface area (Å²) in [6.07, 6.45) is 8.66. The van der Waals surface area contributed by atoms with Gasteiger partial charge in [0.15, 0.2) is 0 Å². The van der Waals surface area contributed by atoms with Gasteiger partial charge in [-0.05, 0) is 48.5 Å². The van der Waals surface area contributed by atoms with Crippen LogP contribution in [0.2, 0.25) is 0 Å². The van der Waals surface area contributed by atoms with Gasteiger partial charge in [0.25, 0.3) is 0 Å². The van der Waals surface area contributed by atoms with Gasteiger partial charge in [0.05, 0.1) is 12.5 Å². The monoisotopic (exact) mass is 365 g/mol. The van der Waals surface area contributed by atoms with Crippen molar-refractivity contribution < 1.29 is 9.90 Å². The van der Waals surface area contributed by atoms with Gasteiger partial charge in [0, 0.05) is 24.0 Å². The van der Waals surface area contributed by atoms with Crippen LogP contribution in [0, 0.1) is 11.3 Å². The zero-order chi connectivity index (χ0) is 19.7. The second-order valence-corrected chi connectivity index (χ2v) is 8.44. The number of amides is 1. The van der Waals surface area contributed by atoms with Gasteiger partial charge in [-0.25, -0.2) is 0 Å². The van der Waals surface area contributed by atoms with Crippen LogP contribution in [0.1, 0.15) is 51.2 Å². The minimum atomic E-state index is -0.373. The molecule has 1 aliphatic heterocycles. The fraction of sp³-hybridized carbons (Fsp3) is 0.455. The van der Waals surface area contributed by atoms with Crippen LogP contribution in [-0.4, -0.2) is 28.0 Å². The first-order valence-electron chi connectivity index (χ1n) is 9.42. The zero-order valence-corrected chi connectivity index (χ0v) is 16.2. The number of rotatable bonds is 4. The van der Waals surface area contributed by atoms with Gasteiger partial charge in [-0.3, -0.25) is 4.79 Å². The van der Waals surface area contributed by atoms with Crippen LogP contribution in [0.5, 0.6) is 5.75 Å². The molecule has 5 heteroatoms. The molecule has 0 bridgehead atoms. The highest BCUT2D eigenvalue weighted by atomic mass is 16.3. The van der Waals surface area contributed by atoms with E-state index < -0.39 is 0 Å². The molecular weight excluding hydrogens is 338 g/mol. The normalized spacial score (nSPS) is 18.3. The van der Waals surface area contributed by atoms with Gasteiger partial charge >= 0.3 is 0 Å². The van der Waals surface area contributed by atoms with Gasteiger partial charge < -0.3 is 15.3 Å². The van der Waals surface area contributed by atoms with Gasteiger partial charge in [-0.2, -0.15) is 5.26 Å². The third-order valence-electron chi connectivity index (χ3n) is 5.46. The fourth-order valence-corrected chi connectivity index (χ4v) is 3.45. The van der Waals surface area contributed by atoms with Crippen molar-refractivity contribution in [1.29, 1.82) is 5.26 Å². The van der Waals surface area contributed by atoms with E-state index in [1.807, 2.05) is 35.4 Å². The molecule has 0 atom stereocenters. The van der Waals surface area contributed by atoms with E-state index in [-0.39, 0.29) is 29.0 Å². The molecule has 1 aliphatic carbocycles. The lowest BCUT2D eigenvalue weighted by Crippen LogP contribution is -2.50. The van der Waals surface area contributed by atoms with Crippen LogP contribution in [0.4, 0.5) is 0 Å². The Morgan fingerprint density at radius 1 is 1.37 bits per heavy atom. The maximum Gasteiger partial charge on any atom is 0.228 e. The number of allylic oxidation sites excluding steroid dienone is 1. The topological polar surface area (TPSA) is 76.4 Å². The number of hydrogen-bond donors (Lipinski definition) is 2. The summed E-state index contributed by atoms with van der Waals surface area (Å²) in [5.41, 5.74) is 2.02. The molecule has 1 aromatic carbocycles. The summed E-state index contributed by atoms with van der Waals surface area (Å²) in [6, 6.07) is 7.87. The van der Waals surface area contributed by atoms with Crippen LogP contribution >= 0.6 is 0 Å². The third kappa shape index (κ3) is 4.00. The second kappa shape index (κ2) is 7.11. The molecule has 27 heavy (non-hydrogen) atoms. The Morgan fingerprint density at radius 3 is 2.63 bits per heavy atom. The summed E-state index contributed by atoms with van der Waals surface area (Å²) in [5.74, 6) is -0.0298. The van der Waals surface area contributed by atoms with Crippen molar-refractivity contribution in [2.24, 2.45) is 0 Å². The number of nitrogens with one attached hydrogen (secondary N) is 1. The summed E-state index contributed by atoms with van der Waals surface area (Å²) in [4.78, 5) is 14.5. The standard InChI is InChI=1S/C22H27N3O2/c1-21(2,3)17-5-6-19(26)16(13-17)14-20(27)24-18-7-11-25(12-8-18)22(15-23)9-4-10-22/h5-8,11,13,26H,4,9-10,12,14H2,1-3H3,(H,24,27). The lowest BCUT2D eigenvalue weighted by Gasteiger charge is -2.45. The van der Waals surface area contributed by atoms with E-state index in [0.717, 1.165) is 30.5 Å². The first-order valence-corrected chi connectivity index (χ1v) is 9.42. The first kappa shape index (κ1) is 19.0. The minimum absolute atomic E-state index is 0.0464. The van der Waals surface area contributed by atoms with E-state index in [4.69, 9.17) is 0 Å². The largest absolute Gasteiger partial charge is 0.508 e. The maximum atomic E-state index is 12.4. The SMILES string of the molecule is CC(C)(C)c1ccc(O)c(CC(=O)NC2=CCN(C3(C#N)CCC3)C=C2)c1. The number of carbonyl (C=O) groups excluding carboxylic acids is 1. The molecule has 0 saturated heterocycles. The average molecular weight is 365 g/mol. The Balaban J connectivity index is 1.62. The summed E-state index contributed by atoms with van der Waals surface area (Å²) in [5, 5.41) is 22.4. The van der Waals surface area contributed by atoms with Crippen molar-refractivity contribution in [3.8, 4) is 11.8 Å². The van der Waals surface area contributed by atoms with E-state index in [9.17, 15) is 15.2 Å². The lowest BCUT2D eigenvalue weighted by molar-refractivity contribution is -0.119. The number of benzene rings is 1. The van der Waals surface area contributed by atoms with E-state index in [2.05, 4.69) is 32.2 Å². The number of carbonyl (C=O) groups is 1. The summed E-state index contributed by atoms with van der Waals surface area (Å²) in [7, 11) is 0. The Bertz CT molecular complexity index is 836. The molecule has 1 fully saturated rings. The molecule has 0 unspecified atom stereocenters. The molecule has 0 spiro atoms. The number of aromatic hydroxyl groups is 1. The van der Waals surface area contributed by atoms with Crippen molar-refractivity contribution in [3.05, 3.63) is 53.4 Å². The van der Waals surface area contributed by atoms with Crippen LogP contribution in [0.15, 0.2) is 42.2 Å². The van der Waals surface area contributed by atoms with Crippen molar-refractivity contribution in [3.63, 3.8) is 0 Å². The second-order valence-electron chi connectivity index (χ2n) is 8.44. The van der Waals surface area contributed by atoms with E-state index in [1.54, 1.807) is 6.07 Å². The Hall–Kier alpha value is -2.74. The third-order valence-corrected chi connectivity index (χ3v) is 5.46. The highest BCUT2D eigenvalue weighted by Gasteiger charge is 2.41. The summed E-state index contributed by atoms with van der Waals surface area (Å²) >= 11 is 0. The number of nitriles is 1. The molecule has 142 valence electrons. The number of phenols is 1. The Morgan fingerprint density at radius 2 is 2.11 bits per heavy atom. The Labute approximate surface area is 161 Å². The van der Waals surface area contributed by atoms with Crippen LogP contribution in [-0.2, 0) is 16.6 Å². The van der Waals surface area contributed by atoms with Crippen LogP contribution in [0.3, 0.4) is 0 Å². The summed E-state index contributed by atoms with van der Waals surface area (Å²) in [6.45, 7) is 6.92. The molecule has 1 heterocycles.